The Labute approximate surface area is 177 Å². The lowest BCUT2D eigenvalue weighted by atomic mass is 9.45. The van der Waals surface area contributed by atoms with E-state index in [-0.39, 0.29) is 25.0 Å². The first kappa shape index (κ1) is 22.9. The van der Waals surface area contributed by atoms with Gasteiger partial charge in [-0.2, -0.15) is 0 Å². The maximum Gasteiger partial charge on any atom is 0.470 e. The fraction of sp³-hybridized carbons (Fsp3) is 0.700. The largest absolute Gasteiger partial charge is 0.470 e. The number of hydrogen-bond donors (Lipinski definition) is 3. The lowest BCUT2D eigenvalue weighted by Gasteiger charge is -2.61. The molecule has 3 aliphatic carbocycles. The van der Waals surface area contributed by atoms with E-state index in [2.05, 4.69) is 4.52 Å². The number of Topliss-reactive ketones (excluding diaryl/α,β-unsaturated/α-hetero) is 1. The van der Waals surface area contributed by atoms with Crippen LogP contribution >= 0.6 is 7.82 Å². The third kappa shape index (κ3) is 3.22. The molecule has 0 aromatic heterocycles. The summed E-state index contributed by atoms with van der Waals surface area (Å²) in [6.45, 7) is 2.13. The van der Waals surface area contributed by atoms with Crippen molar-refractivity contribution in [2.75, 3.05) is 13.2 Å². The van der Waals surface area contributed by atoms with E-state index >= 15 is 8.78 Å². The summed E-state index contributed by atoms with van der Waals surface area (Å²) < 4.78 is 52.8. The van der Waals surface area contributed by atoms with Crippen molar-refractivity contribution in [3.05, 3.63) is 23.8 Å². The van der Waals surface area contributed by atoms with Crippen molar-refractivity contribution >= 4 is 19.4 Å². The molecule has 1 heterocycles. The number of alkyl halides is 2. The number of aliphatic hydroxyl groups excluding tert-OH is 1. The lowest BCUT2D eigenvalue weighted by molar-refractivity contribution is -0.196. The molecule has 3 N–H and O–H groups in total. The Hall–Kier alpha value is -1.29. The highest BCUT2D eigenvalue weighted by atomic mass is 31.2. The molecule has 3 fully saturated rings. The maximum absolute atomic E-state index is 16.8. The van der Waals surface area contributed by atoms with Gasteiger partial charge in [-0.05, 0) is 43.4 Å². The van der Waals surface area contributed by atoms with E-state index in [0.717, 1.165) is 6.08 Å². The molecule has 8 nitrogen and oxygen atoms in total. The molecule has 4 aliphatic rings. The average molecular weight is 462 g/mol. The Kier molecular flexibility index (Phi) is 5.24. The Balaban J connectivity index is 1.69. The number of hydrogen-bond acceptors (Lipinski definition) is 6. The van der Waals surface area contributed by atoms with Crippen LogP contribution in [0.5, 0.6) is 0 Å². The van der Waals surface area contributed by atoms with Crippen LogP contribution < -0.4 is 0 Å². The monoisotopic (exact) mass is 462 g/mol. The summed E-state index contributed by atoms with van der Waals surface area (Å²) in [5, 5.41) is 11.0. The van der Waals surface area contributed by atoms with Crippen molar-refractivity contribution in [3.63, 3.8) is 0 Å². The summed E-state index contributed by atoms with van der Waals surface area (Å²) in [6.07, 6.45) is -1.24. The Bertz CT molecular complexity index is 930. The van der Waals surface area contributed by atoms with E-state index in [4.69, 9.17) is 14.5 Å². The molecule has 0 bridgehead atoms. The third-order valence-corrected chi connectivity index (χ3v) is 8.24. The van der Waals surface area contributed by atoms with Gasteiger partial charge in [0.05, 0.1) is 12.7 Å². The minimum Gasteiger partial charge on any atom is -0.390 e. The van der Waals surface area contributed by atoms with Crippen molar-refractivity contribution in [3.8, 4) is 0 Å². The zero-order valence-corrected chi connectivity index (χ0v) is 17.9. The van der Waals surface area contributed by atoms with Crippen LogP contribution in [0.1, 0.15) is 26.7 Å². The number of ketones is 2. The molecule has 31 heavy (non-hydrogen) atoms. The third-order valence-electron chi connectivity index (χ3n) is 7.77. The van der Waals surface area contributed by atoms with Crippen LogP contribution in [-0.2, 0) is 23.4 Å². The number of aliphatic hydroxyl groups is 1. The highest BCUT2D eigenvalue weighted by molar-refractivity contribution is 7.46. The summed E-state index contributed by atoms with van der Waals surface area (Å²) in [7, 11) is -4.88. The number of carbonyl (C=O) groups is 2. The van der Waals surface area contributed by atoms with Crippen LogP contribution in [0.4, 0.5) is 8.78 Å². The van der Waals surface area contributed by atoms with Crippen LogP contribution in [0.3, 0.4) is 0 Å². The molecular formula is C20H25F2O8P. The van der Waals surface area contributed by atoms with Crippen molar-refractivity contribution in [1.82, 2.24) is 0 Å². The van der Waals surface area contributed by atoms with E-state index in [0.29, 0.717) is 0 Å². The van der Waals surface area contributed by atoms with Crippen molar-refractivity contribution in [2.24, 2.45) is 22.7 Å². The standard InChI is InChI=1S/C20H25F2O8P/c1-18-7-16(25)20(22)11(6-14(21)12-5-10(23)3-4-19(12,20)2)13(18)8-29-17(18)15(24)9-30-31(26,27)28/h3-5,11,13-14,16-17,25H,6-9H2,1-2H3,(H2,26,27,28)/t11-,13?,14-,16-,17?,18?,19-,20-/m0/s1. The second kappa shape index (κ2) is 7.10. The minimum atomic E-state index is -4.88. The summed E-state index contributed by atoms with van der Waals surface area (Å²) >= 11 is 0. The predicted molar refractivity (Wildman–Crippen MR) is 102 cm³/mol. The highest BCUT2D eigenvalue weighted by Gasteiger charge is 2.72. The fourth-order valence-electron chi connectivity index (χ4n) is 6.28. The number of halogens is 2. The van der Waals surface area contributed by atoms with Crippen molar-refractivity contribution in [2.45, 2.75) is 50.7 Å². The number of ether oxygens (including phenoxy) is 1. The molecule has 11 heteroatoms. The second-order valence-electron chi connectivity index (χ2n) is 9.39. The summed E-state index contributed by atoms with van der Waals surface area (Å²) in [6, 6.07) is 0. The molecule has 1 saturated heterocycles. The molecule has 8 atom stereocenters. The highest BCUT2D eigenvalue weighted by Crippen LogP contribution is 2.67. The predicted octanol–water partition coefficient (Wildman–Crippen LogP) is 1.59. The molecule has 2 saturated carbocycles. The Morgan fingerprint density at radius 2 is 2.03 bits per heavy atom. The van der Waals surface area contributed by atoms with Gasteiger partial charge in [0.15, 0.2) is 17.2 Å². The SMILES string of the molecule is CC12C[C@H](O)[C@@]3(F)[C@@H](C[C@H](F)C4=CC(=O)C=C[C@@]43C)C1COC2C(=O)COP(=O)(O)O. The van der Waals surface area contributed by atoms with Gasteiger partial charge in [-0.25, -0.2) is 13.3 Å². The Morgan fingerprint density at radius 3 is 2.68 bits per heavy atom. The van der Waals surface area contributed by atoms with Crippen molar-refractivity contribution < 1.29 is 47.1 Å². The molecular weight excluding hydrogens is 437 g/mol. The summed E-state index contributed by atoms with van der Waals surface area (Å²) in [5.41, 5.74) is -4.90. The van der Waals surface area contributed by atoms with Crippen LogP contribution in [0.25, 0.3) is 0 Å². The molecule has 0 aromatic carbocycles. The van der Waals surface area contributed by atoms with Gasteiger partial charge in [0.1, 0.15) is 18.9 Å². The zero-order chi connectivity index (χ0) is 23.0. The second-order valence-corrected chi connectivity index (χ2v) is 10.6. The normalized spacial score (nSPS) is 46.7. The lowest BCUT2D eigenvalue weighted by Crippen LogP contribution is -2.69. The number of allylic oxidation sites excluding steroid dienone is 4. The van der Waals surface area contributed by atoms with Gasteiger partial charge in [0.25, 0.3) is 0 Å². The van der Waals surface area contributed by atoms with Gasteiger partial charge in [0, 0.05) is 16.7 Å². The molecule has 0 spiro atoms. The van der Waals surface area contributed by atoms with E-state index in [1.807, 2.05) is 0 Å². The molecule has 4 rings (SSSR count). The number of phosphoric ester groups is 1. The number of carbonyl (C=O) groups excluding carboxylic acids is 2. The zero-order valence-electron chi connectivity index (χ0n) is 17.0. The van der Waals surface area contributed by atoms with Crippen LogP contribution in [0.15, 0.2) is 23.8 Å². The fourth-order valence-corrected chi connectivity index (χ4v) is 6.57. The molecule has 0 aromatic rings. The number of phosphoric acid groups is 1. The number of fused-ring (bicyclic) bond motifs is 5. The van der Waals surface area contributed by atoms with Gasteiger partial charge >= 0.3 is 7.82 Å². The molecule has 0 radical (unpaired) electrons. The van der Waals surface area contributed by atoms with Gasteiger partial charge in [-0.15, -0.1) is 0 Å². The van der Waals surface area contributed by atoms with Gasteiger partial charge in [-0.3, -0.25) is 14.1 Å². The number of rotatable bonds is 4. The topological polar surface area (TPSA) is 130 Å². The molecule has 3 unspecified atom stereocenters. The quantitative estimate of drug-likeness (QED) is 0.537. The van der Waals surface area contributed by atoms with E-state index < -0.39 is 72.7 Å². The molecule has 1 aliphatic heterocycles. The average Bonchev–Trinajstić information content (AvgIpc) is 3.00. The first-order chi connectivity index (χ1) is 14.2. The van der Waals surface area contributed by atoms with Gasteiger partial charge in [0.2, 0.25) is 0 Å². The summed E-state index contributed by atoms with van der Waals surface area (Å²) in [5.74, 6) is -2.81. The molecule has 0 amide bonds. The maximum atomic E-state index is 16.8. The summed E-state index contributed by atoms with van der Waals surface area (Å²) in [4.78, 5) is 42.1. The minimum absolute atomic E-state index is 0.00277. The first-order valence-electron chi connectivity index (χ1n) is 10.0. The van der Waals surface area contributed by atoms with Crippen LogP contribution in [-0.4, -0.2) is 63.7 Å². The van der Waals surface area contributed by atoms with E-state index in [1.54, 1.807) is 6.92 Å². The smallest absolute Gasteiger partial charge is 0.390 e. The van der Waals surface area contributed by atoms with Crippen LogP contribution in [0, 0.1) is 22.7 Å². The van der Waals surface area contributed by atoms with Gasteiger partial charge < -0.3 is 19.6 Å². The van der Waals surface area contributed by atoms with Gasteiger partial charge in [-0.1, -0.05) is 13.0 Å². The van der Waals surface area contributed by atoms with E-state index in [9.17, 15) is 19.3 Å². The van der Waals surface area contributed by atoms with E-state index in [1.165, 1.54) is 19.1 Å². The Morgan fingerprint density at radius 1 is 1.35 bits per heavy atom. The van der Waals surface area contributed by atoms with Crippen LogP contribution in [0.2, 0.25) is 0 Å². The molecule has 172 valence electrons. The van der Waals surface area contributed by atoms with Crippen molar-refractivity contribution in [1.29, 1.82) is 0 Å². The first-order valence-corrected chi connectivity index (χ1v) is 11.6.